The molecule has 5 nitrogen and oxygen atoms in total. The average Bonchev–Trinajstić information content (AvgIpc) is 2.97. The molecule has 1 aromatic heterocycles. The highest BCUT2D eigenvalue weighted by atomic mass is 16.5. The maximum Gasteiger partial charge on any atom is 0.373 e. The molecule has 1 aliphatic heterocycles. The van der Waals surface area contributed by atoms with E-state index in [1.54, 1.807) is 12.1 Å². The van der Waals surface area contributed by atoms with Crippen LogP contribution in [0.4, 0.5) is 0 Å². The quantitative estimate of drug-likeness (QED) is 0.795. The minimum atomic E-state index is -0.462. The van der Waals surface area contributed by atoms with Gasteiger partial charge in [-0.05, 0) is 31.5 Å². The fourth-order valence-electron chi connectivity index (χ4n) is 2.18. The van der Waals surface area contributed by atoms with Gasteiger partial charge in [-0.15, -0.1) is 0 Å². The van der Waals surface area contributed by atoms with Crippen LogP contribution < -0.4 is 0 Å². The fraction of sp³-hybridized carbons (Fsp3) is 0.583. The number of methoxy groups -OCH3 is 1. The maximum atomic E-state index is 11.2. The molecule has 1 N–H and O–H groups in total. The number of rotatable bonds is 4. The third-order valence-electron chi connectivity index (χ3n) is 3.12. The van der Waals surface area contributed by atoms with Crippen molar-refractivity contribution in [1.82, 2.24) is 4.90 Å². The third-order valence-corrected chi connectivity index (χ3v) is 3.12. The fourth-order valence-corrected chi connectivity index (χ4v) is 2.18. The summed E-state index contributed by atoms with van der Waals surface area (Å²) in [4.78, 5) is 13.4. The van der Waals surface area contributed by atoms with Gasteiger partial charge in [0.05, 0.1) is 20.3 Å². The van der Waals surface area contributed by atoms with Gasteiger partial charge in [0.25, 0.3) is 0 Å². The van der Waals surface area contributed by atoms with Crippen LogP contribution in [0.2, 0.25) is 0 Å². The van der Waals surface area contributed by atoms with E-state index in [4.69, 9.17) is 4.42 Å². The van der Waals surface area contributed by atoms with E-state index < -0.39 is 5.97 Å². The van der Waals surface area contributed by atoms with Gasteiger partial charge in [-0.1, -0.05) is 0 Å². The lowest BCUT2D eigenvalue weighted by Gasteiger charge is -2.21. The van der Waals surface area contributed by atoms with Crippen molar-refractivity contribution < 1.29 is 19.1 Å². The van der Waals surface area contributed by atoms with E-state index in [9.17, 15) is 9.90 Å². The van der Waals surface area contributed by atoms with E-state index >= 15 is 0 Å². The zero-order valence-electron chi connectivity index (χ0n) is 9.89. The SMILES string of the molecule is COC(=O)c1ccc(CN2CCCC2CO)o1. The number of carbonyl (C=O) groups excluding carboxylic acids is 1. The number of carbonyl (C=O) groups is 1. The van der Waals surface area contributed by atoms with Crippen molar-refractivity contribution in [1.29, 1.82) is 0 Å². The molecule has 0 spiro atoms. The largest absolute Gasteiger partial charge is 0.463 e. The monoisotopic (exact) mass is 239 g/mol. The van der Waals surface area contributed by atoms with Crippen LogP contribution in [-0.2, 0) is 11.3 Å². The summed E-state index contributed by atoms with van der Waals surface area (Å²) in [7, 11) is 1.33. The number of nitrogens with zero attached hydrogens (tertiary/aromatic N) is 1. The molecule has 1 atom stereocenters. The van der Waals surface area contributed by atoms with Crippen LogP contribution in [0.1, 0.15) is 29.2 Å². The molecule has 5 heteroatoms. The lowest BCUT2D eigenvalue weighted by molar-refractivity contribution is 0.0560. The Morgan fingerprint density at radius 1 is 1.65 bits per heavy atom. The first-order valence-electron chi connectivity index (χ1n) is 5.76. The van der Waals surface area contributed by atoms with Crippen LogP contribution in [0.5, 0.6) is 0 Å². The molecular formula is C12H17NO4. The average molecular weight is 239 g/mol. The molecule has 94 valence electrons. The van der Waals surface area contributed by atoms with Crippen LogP contribution in [0.3, 0.4) is 0 Å². The molecule has 1 saturated heterocycles. The van der Waals surface area contributed by atoms with Gasteiger partial charge in [0, 0.05) is 6.04 Å². The molecule has 0 saturated carbocycles. The predicted octanol–water partition coefficient (Wildman–Crippen LogP) is 1.02. The number of hydrogen-bond acceptors (Lipinski definition) is 5. The molecular weight excluding hydrogens is 222 g/mol. The molecule has 0 bridgehead atoms. The van der Waals surface area contributed by atoms with Gasteiger partial charge in [0.1, 0.15) is 5.76 Å². The number of likely N-dealkylation sites (tertiary alicyclic amines) is 1. The smallest absolute Gasteiger partial charge is 0.373 e. The van der Waals surface area contributed by atoms with Crippen LogP contribution >= 0.6 is 0 Å². The zero-order valence-corrected chi connectivity index (χ0v) is 9.89. The van der Waals surface area contributed by atoms with Crippen LogP contribution in [0.15, 0.2) is 16.5 Å². The van der Waals surface area contributed by atoms with Crippen LogP contribution in [0, 0.1) is 0 Å². The zero-order chi connectivity index (χ0) is 12.3. The Morgan fingerprint density at radius 2 is 2.47 bits per heavy atom. The normalized spacial score (nSPS) is 20.7. The first-order valence-corrected chi connectivity index (χ1v) is 5.76. The Labute approximate surface area is 100.0 Å². The van der Waals surface area contributed by atoms with E-state index in [-0.39, 0.29) is 18.4 Å². The van der Waals surface area contributed by atoms with Gasteiger partial charge in [-0.2, -0.15) is 0 Å². The van der Waals surface area contributed by atoms with Crippen molar-refractivity contribution in [3.05, 3.63) is 23.7 Å². The van der Waals surface area contributed by atoms with Crippen LogP contribution in [-0.4, -0.2) is 42.3 Å². The summed E-state index contributed by atoms with van der Waals surface area (Å²) < 4.78 is 9.97. The second-order valence-electron chi connectivity index (χ2n) is 4.21. The Hall–Kier alpha value is -1.33. The number of aliphatic hydroxyl groups is 1. The molecule has 1 unspecified atom stereocenters. The number of aliphatic hydroxyl groups excluding tert-OH is 1. The second kappa shape index (κ2) is 5.33. The molecule has 0 aromatic carbocycles. The molecule has 1 aliphatic rings. The summed E-state index contributed by atoms with van der Waals surface area (Å²) >= 11 is 0. The molecule has 0 radical (unpaired) electrons. The lowest BCUT2D eigenvalue weighted by Crippen LogP contribution is -2.31. The Kier molecular flexibility index (Phi) is 3.81. The number of furan rings is 1. The summed E-state index contributed by atoms with van der Waals surface area (Å²) in [5.74, 6) is 0.490. The number of esters is 1. The highest BCUT2D eigenvalue weighted by Crippen LogP contribution is 2.20. The Morgan fingerprint density at radius 3 is 3.18 bits per heavy atom. The molecule has 1 aromatic rings. The molecule has 17 heavy (non-hydrogen) atoms. The number of ether oxygens (including phenoxy) is 1. The summed E-state index contributed by atoms with van der Waals surface area (Å²) in [6.07, 6.45) is 2.11. The van der Waals surface area contributed by atoms with Gasteiger partial charge in [-0.3, -0.25) is 4.90 Å². The highest BCUT2D eigenvalue weighted by molar-refractivity contribution is 5.86. The van der Waals surface area contributed by atoms with Gasteiger partial charge in [-0.25, -0.2) is 4.79 Å². The van der Waals surface area contributed by atoms with Crippen molar-refractivity contribution in [2.45, 2.75) is 25.4 Å². The first-order chi connectivity index (χ1) is 8.24. The number of hydrogen-bond donors (Lipinski definition) is 1. The van der Waals surface area contributed by atoms with E-state index in [1.807, 2.05) is 0 Å². The summed E-state index contributed by atoms with van der Waals surface area (Å²) in [6, 6.07) is 3.60. The maximum absolute atomic E-state index is 11.2. The van der Waals surface area contributed by atoms with Crippen LogP contribution in [0.25, 0.3) is 0 Å². The standard InChI is InChI=1S/C12H17NO4/c1-16-12(15)11-5-4-10(17-11)7-13-6-2-3-9(13)8-14/h4-5,9,14H,2-3,6-8H2,1H3. The summed E-state index contributed by atoms with van der Waals surface area (Å²) in [5, 5.41) is 9.20. The molecule has 0 aliphatic carbocycles. The Balaban J connectivity index is 1.99. The van der Waals surface area contributed by atoms with Crippen molar-refractivity contribution in [2.75, 3.05) is 20.3 Å². The van der Waals surface area contributed by atoms with E-state index in [2.05, 4.69) is 9.64 Å². The summed E-state index contributed by atoms with van der Waals surface area (Å²) in [5.41, 5.74) is 0. The molecule has 1 fully saturated rings. The minimum absolute atomic E-state index is 0.171. The van der Waals surface area contributed by atoms with E-state index in [0.717, 1.165) is 25.1 Å². The van der Waals surface area contributed by atoms with E-state index in [1.165, 1.54) is 7.11 Å². The third kappa shape index (κ3) is 2.68. The van der Waals surface area contributed by atoms with E-state index in [0.29, 0.717) is 6.54 Å². The minimum Gasteiger partial charge on any atom is -0.463 e. The second-order valence-corrected chi connectivity index (χ2v) is 4.21. The van der Waals surface area contributed by atoms with Crippen molar-refractivity contribution in [3.63, 3.8) is 0 Å². The molecule has 2 rings (SSSR count). The van der Waals surface area contributed by atoms with Gasteiger partial charge < -0.3 is 14.3 Å². The summed E-state index contributed by atoms with van der Waals surface area (Å²) in [6.45, 7) is 1.76. The van der Waals surface area contributed by atoms with Crippen molar-refractivity contribution in [2.24, 2.45) is 0 Å². The first kappa shape index (κ1) is 12.1. The molecule has 0 amide bonds. The van der Waals surface area contributed by atoms with Crippen molar-refractivity contribution >= 4 is 5.97 Å². The topological polar surface area (TPSA) is 62.9 Å². The van der Waals surface area contributed by atoms with Crippen molar-refractivity contribution in [3.8, 4) is 0 Å². The lowest BCUT2D eigenvalue weighted by atomic mass is 10.2. The highest BCUT2D eigenvalue weighted by Gasteiger charge is 2.24. The van der Waals surface area contributed by atoms with Gasteiger partial charge in [0.15, 0.2) is 0 Å². The molecule has 2 heterocycles. The Bertz CT molecular complexity index is 388. The predicted molar refractivity (Wildman–Crippen MR) is 60.6 cm³/mol. The van der Waals surface area contributed by atoms with Gasteiger partial charge in [0.2, 0.25) is 5.76 Å². The van der Waals surface area contributed by atoms with Gasteiger partial charge >= 0.3 is 5.97 Å².